The molecule has 2 saturated heterocycles. The maximum atomic E-state index is 13.2. The van der Waals surface area contributed by atoms with Crippen LogP contribution in [0.5, 0.6) is 0 Å². The molecule has 1 N–H and O–H groups in total. The molecule has 0 spiro atoms. The number of hydrogen-bond donors (Lipinski definition) is 1. The minimum Gasteiger partial charge on any atom is -0.452 e. The third kappa shape index (κ3) is 5.26. The normalized spacial score (nSPS) is 20.4. The maximum Gasteiger partial charge on any atom is 0.340 e. The Kier molecular flexibility index (Phi) is 7.35. The second kappa shape index (κ2) is 10.2. The average molecular weight is 464 g/mol. The van der Waals surface area contributed by atoms with Crippen molar-refractivity contribution in [3.05, 3.63) is 23.8 Å². The summed E-state index contributed by atoms with van der Waals surface area (Å²) < 4.78 is 33.1. The molecule has 3 aliphatic rings. The van der Waals surface area contributed by atoms with Crippen LogP contribution in [0.2, 0.25) is 0 Å². The van der Waals surface area contributed by atoms with Crippen molar-refractivity contribution in [2.24, 2.45) is 0 Å². The second-order valence-electron chi connectivity index (χ2n) is 8.96. The number of piperidine rings is 1. The molecule has 0 atom stereocenters. The van der Waals surface area contributed by atoms with Crippen molar-refractivity contribution >= 4 is 27.6 Å². The zero-order valence-electron chi connectivity index (χ0n) is 18.6. The van der Waals surface area contributed by atoms with E-state index in [1.807, 2.05) is 0 Å². The van der Waals surface area contributed by atoms with Crippen molar-refractivity contribution in [3.63, 3.8) is 0 Å². The van der Waals surface area contributed by atoms with Gasteiger partial charge in [-0.3, -0.25) is 4.79 Å². The first-order valence-electron chi connectivity index (χ1n) is 11.8. The molecule has 1 saturated carbocycles. The van der Waals surface area contributed by atoms with Gasteiger partial charge in [0, 0.05) is 32.2 Å². The van der Waals surface area contributed by atoms with Gasteiger partial charge in [0.1, 0.15) is 0 Å². The number of hydrogen-bond acceptors (Lipinski definition) is 6. The number of nitrogens with one attached hydrogen (secondary N) is 1. The quantitative estimate of drug-likeness (QED) is 0.625. The fourth-order valence-electron chi connectivity index (χ4n) is 4.88. The highest BCUT2D eigenvalue weighted by atomic mass is 32.2. The summed E-state index contributed by atoms with van der Waals surface area (Å²) in [6.07, 6.45) is 8.86. The molecule has 9 heteroatoms. The lowest BCUT2D eigenvalue weighted by molar-refractivity contribution is -0.124. The Morgan fingerprint density at radius 3 is 2.28 bits per heavy atom. The third-order valence-electron chi connectivity index (χ3n) is 6.64. The minimum absolute atomic E-state index is 0.102. The van der Waals surface area contributed by atoms with Gasteiger partial charge in [-0.25, -0.2) is 13.2 Å². The van der Waals surface area contributed by atoms with Gasteiger partial charge in [0.2, 0.25) is 10.0 Å². The molecule has 1 aromatic rings. The maximum absolute atomic E-state index is 13.2. The summed E-state index contributed by atoms with van der Waals surface area (Å²) in [7, 11) is -3.68. The molecule has 1 aromatic carbocycles. The van der Waals surface area contributed by atoms with E-state index in [2.05, 4.69) is 10.2 Å². The largest absolute Gasteiger partial charge is 0.452 e. The van der Waals surface area contributed by atoms with Crippen LogP contribution in [0.3, 0.4) is 0 Å². The van der Waals surface area contributed by atoms with Gasteiger partial charge in [-0.2, -0.15) is 4.31 Å². The number of carbonyl (C=O) groups excluding carboxylic acids is 2. The van der Waals surface area contributed by atoms with Crippen LogP contribution < -0.4 is 10.2 Å². The van der Waals surface area contributed by atoms with E-state index in [0.29, 0.717) is 18.8 Å². The highest BCUT2D eigenvalue weighted by Gasteiger charge is 2.29. The van der Waals surface area contributed by atoms with Crippen LogP contribution in [-0.4, -0.2) is 63.4 Å². The number of nitrogens with zero attached hydrogens (tertiary/aromatic N) is 2. The smallest absolute Gasteiger partial charge is 0.340 e. The summed E-state index contributed by atoms with van der Waals surface area (Å²) in [6.45, 7) is 2.24. The van der Waals surface area contributed by atoms with Crippen LogP contribution >= 0.6 is 0 Å². The molecule has 2 aliphatic heterocycles. The third-order valence-corrected chi connectivity index (χ3v) is 8.54. The van der Waals surface area contributed by atoms with Crippen molar-refractivity contribution in [1.82, 2.24) is 9.62 Å². The Morgan fingerprint density at radius 1 is 0.938 bits per heavy atom. The molecule has 0 bridgehead atoms. The monoisotopic (exact) mass is 463 g/mol. The molecule has 2 heterocycles. The topological polar surface area (TPSA) is 96.0 Å². The van der Waals surface area contributed by atoms with Gasteiger partial charge in [-0.15, -0.1) is 0 Å². The van der Waals surface area contributed by atoms with Crippen LogP contribution in [0.15, 0.2) is 23.1 Å². The molecule has 8 nitrogen and oxygen atoms in total. The standard InChI is InChI=1S/C23H33N3O5S/c27-22(24-18-8-2-3-9-18)17-31-23(28)20-16-19(10-11-21(20)25-12-6-7-13-25)32(29,30)26-14-4-1-5-15-26/h10-11,16,18H,1-9,12-15,17H2,(H,24,27). The summed E-state index contributed by atoms with van der Waals surface area (Å²) in [5.41, 5.74) is 0.875. The van der Waals surface area contributed by atoms with E-state index < -0.39 is 16.0 Å². The van der Waals surface area contributed by atoms with Crippen molar-refractivity contribution in [3.8, 4) is 0 Å². The predicted octanol–water partition coefficient (Wildman–Crippen LogP) is 2.68. The molecule has 0 aromatic heterocycles. The van der Waals surface area contributed by atoms with Crippen molar-refractivity contribution in [2.45, 2.75) is 68.7 Å². The number of esters is 1. The summed E-state index contributed by atoms with van der Waals surface area (Å²) >= 11 is 0. The molecule has 1 amide bonds. The lowest BCUT2D eigenvalue weighted by Gasteiger charge is -2.27. The SMILES string of the molecule is O=C(COC(=O)c1cc(S(=O)(=O)N2CCCCC2)ccc1N1CCCC1)NC1CCCC1. The van der Waals surface area contributed by atoms with Crippen molar-refractivity contribution in [1.29, 1.82) is 0 Å². The Labute approximate surface area is 190 Å². The molecule has 3 fully saturated rings. The first-order valence-corrected chi connectivity index (χ1v) is 13.2. The lowest BCUT2D eigenvalue weighted by Crippen LogP contribution is -2.36. The summed E-state index contributed by atoms with van der Waals surface area (Å²) in [5, 5.41) is 2.90. The van der Waals surface area contributed by atoms with Crippen molar-refractivity contribution in [2.75, 3.05) is 37.7 Å². The van der Waals surface area contributed by atoms with E-state index in [1.54, 1.807) is 12.1 Å². The molecular formula is C23H33N3O5S. The van der Waals surface area contributed by atoms with Gasteiger partial charge in [-0.05, 0) is 56.7 Å². The number of carbonyl (C=O) groups is 2. The van der Waals surface area contributed by atoms with Gasteiger partial charge in [0.25, 0.3) is 5.91 Å². The predicted molar refractivity (Wildman–Crippen MR) is 121 cm³/mol. The van der Waals surface area contributed by atoms with Gasteiger partial charge in [0.15, 0.2) is 6.61 Å². The first kappa shape index (κ1) is 23.0. The number of amides is 1. The fourth-order valence-corrected chi connectivity index (χ4v) is 6.42. The minimum atomic E-state index is -3.68. The Balaban J connectivity index is 1.52. The van der Waals surface area contributed by atoms with E-state index in [-0.39, 0.29) is 29.0 Å². The molecule has 32 heavy (non-hydrogen) atoms. The molecule has 176 valence electrons. The number of anilines is 1. The summed E-state index contributed by atoms with van der Waals surface area (Å²) in [4.78, 5) is 27.4. The number of benzene rings is 1. The van der Waals surface area contributed by atoms with Crippen LogP contribution in [0, 0.1) is 0 Å². The summed E-state index contributed by atoms with van der Waals surface area (Å²) in [6, 6.07) is 4.87. The van der Waals surface area contributed by atoms with Crippen LogP contribution in [0.25, 0.3) is 0 Å². The van der Waals surface area contributed by atoms with Gasteiger partial charge in [0.05, 0.1) is 16.1 Å². The van der Waals surface area contributed by atoms with E-state index in [9.17, 15) is 18.0 Å². The Bertz CT molecular complexity index is 931. The zero-order valence-corrected chi connectivity index (χ0v) is 19.4. The number of sulfonamides is 1. The van der Waals surface area contributed by atoms with Gasteiger partial charge < -0.3 is 15.0 Å². The van der Waals surface area contributed by atoms with Crippen LogP contribution in [-0.2, 0) is 19.6 Å². The molecule has 1 aliphatic carbocycles. The van der Waals surface area contributed by atoms with E-state index in [4.69, 9.17) is 4.74 Å². The first-order chi connectivity index (χ1) is 15.4. The highest BCUT2D eigenvalue weighted by Crippen LogP contribution is 2.30. The van der Waals surface area contributed by atoms with Gasteiger partial charge in [-0.1, -0.05) is 19.3 Å². The molecule has 0 unspecified atom stereocenters. The molecule has 0 radical (unpaired) electrons. The zero-order chi connectivity index (χ0) is 22.6. The van der Waals surface area contributed by atoms with E-state index in [0.717, 1.165) is 70.9 Å². The van der Waals surface area contributed by atoms with Crippen molar-refractivity contribution < 1.29 is 22.7 Å². The number of rotatable bonds is 7. The fraction of sp³-hybridized carbons (Fsp3) is 0.652. The average Bonchev–Trinajstić information content (AvgIpc) is 3.52. The number of ether oxygens (including phenoxy) is 1. The molecule has 4 rings (SSSR count). The van der Waals surface area contributed by atoms with E-state index >= 15 is 0 Å². The Hall–Kier alpha value is -2.13. The van der Waals surface area contributed by atoms with Gasteiger partial charge >= 0.3 is 5.97 Å². The highest BCUT2D eigenvalue weighted by molar-refractivity contribution is 7.89. The molecular weight excluding hydrogens is 430 g/mol. The van der Waals surface area contributed by atoms with Crippen LogP contribution in [0.1, 0.15) is 68.1 Å². The summed E-state index contributed by atoms with van der Waals surface area (Å²) in [5.74, 6) is -0.978. The lowest BCUT2D eigenvalue weighted by atomic mass is 10.1. The van der Waals surface area contributed by atoms with E-state index in [1.165, 1.54) is 10.4 Å². The van der Waals surface area contributed by atoms with Crippen LogP contribution in [0.4, 0.5) is 5.69 Å². The second-order valence-corrected chi connectivity index (χ2v) is 10.9. The Morgan fingerprint density at radius 2 is 1.59 bits per heavy atom.